The van der Waals surface area contributed by atoms with Gasteiger partial charge in [0.25, 0.3) is 0 Å². The maximum Gasteiger partial charge on any atom is 0.224 e. The van der Waals surface area contributed by atoms with Crippen LogP contribution < -0.4 is 5.32 Å². The second-order valence-corrected chi connectivity index (χ2v) is 3.75. The smallest absolute Gasteiger partial charge is 0.224 e. The van der Waals surface area contributed by atoms with E-state index in [1.165, 1.54) is 0 Å². The van der Waals surface area contributed by atoms with Gasteiger partial charge >= 0.3 is 0 Å². The van der Waals surface area contributed by atoms with Crippen molar-refractivity contribution in [3.8, 4) is 0 Å². The topological polar surface area (TPSA) is 29.1 Å². The third kappa shape index (κ3) is 3.76. The molecular formula is C12H14ClNO. The van der Waals surface area contributed by atoms with E-state index in [-0.39, 0.29) is 5.91 Å². The van der Waals surface area contributed by atoms with E-state index in [1.54, 1.807) is 18.2 Å². The van der Waals surface area contributed by atoms with Crippen molar-refractivity contribution in [2.45, 2.75) is 19.8 Å². The third-order valence-corrected chi connectivity index (χ3v) is 2.44. The molecule has 1 aromatic carbocycles. The SMILES string of the molecule is C=CCCC(=O)Nc1ccc(Cl)c(C)c1. The van der Waals surface area contributed by atoms with Crippen LogP contribution in [0.15, 0.2) is 30.9 Å². The average Bonchev–Trinajstić information content (AvgIpc) is 2.20. The van der Waals surface area contributed by atoms with Crippen LogP contribution in [0.25, 0.3) is 0 Å². The van der Waals surface area contributed by atoms with Crippen LogP contribution in [0.2, 0.25) is 5.02 Å². The number of hydrogen-bond donors (Lipinski definition) is 1. The summed E-state index contributed by atoms with van der Waals surface area (Å²) in [6.07, 6.45) is 2.89. The molecule has 0 saturated heterocycles. The molecule has 0 aliphatic heterocycles. The number of anilines is 1. The number of benzene rings is 1. The van der Waals surface area contributed by atoms with E-state index in [9.17, 15) is 4.79 Å². The first-order valence-electron chi connectivity index (χ1n) is 4.80. The molecule has 1 amide bonds. The molecule has 0 unspecified atom stereocenters. The minimum absolute atomic E-state index is 0.00313. The molecule has 2 nitrogen and oxygen atoms in total. The maximum atomic E-state index is 11.4. The van der Waals surface area contributed by atoms with Gasteiger partial charge in [-0.05, 0) is 37.1 Å². The van der Waals surface area contributed by atoms with E-state index in [4.69, 9.17) is 11.6 Å². The highest BCUT2D eigenvalue weighted by molar-refractivity contribution is 6.31. The molecule has 1 rings (SSSR count). The summed E-state index contributed by atoms with van der Waals surface area (Å²) in [5, 5.41) is 3.51. The quantitative estimate of drug-likeness (QED) is 0.778. The van der Waals surface area contributed by atoms with Crippen molar-refractivity contribution in [1.29, 1.82) is 0 Å². The lowest BCUT2D eigenvalue weighted by atomic mass is 10.2. The Kier molecular flexibility index (Phi) is 4.37. The van der Waals surface area contributed by atoms with Gasteiger partial charge in [-0.1, -0.05) is 17.7 Å². The van der Waals surface area contributed by atoms with Gasteiger partial charge in [-0.2, -0.15) is 0 Å². The molecule has 0 saturated carbocycles. The molecule has 0 atom stereocenters. The van der Waals surface area contributed by atoms with Gasteiger partial charge in [0.05, 0.1) is 0 Å². The average molecular weight is 224 g/mol. The van der Waals surface area contributed by atoms with Gasteiger partial charge < -0.3 is 5.32 Å². The van der Waals surface area contributed by atoms with Gasteiger partial charge in [-0.15, -0.1) is 6.58 Å². The lowest BCUT2D eigenvalue weighted by molar-refractivity contribution is -0.116. The van der Waals surface area contributed by atoms with Crippen LogP contribution in [-0.4, -0.2) is 5.91 Å². The van der Waals surface area contributed by atoms with E-state index >= 15 is 0 Å². The van der Waals surface area contributed by atoms with Crippen LogP contribution in [0, 0.1) is 6.92 Å². The fraction of sp³-hybridized carbons (Fsp3) is 0.250. The molecule has 0 bridgehead atoms. The van der Waals surface area contributed by atoms with Crippen molar-refractivity contribution in [2.24, 2.45) is 0 Å². The maximum absolute atomic E-state index is 11.4. The fourth-order valence-electron chi connectivity index (χ4n) is 1.18. The minimum atomic E-state index is -0.00313. The van der Waals surface area contributed by atoms with Crippen LogP contribution in [0.1, 0.15) is 18.4 Å². The molecule has 0 radical (unpaired) electrons. The second kappa shape index (κ2) is 5.56. The third-order valence-electron chi connectivity index (χ3n) is 2.02. The molecule has 1 aromatic rings. The van der Waals surface area contributed by atoms with Gasteiger partial charge in [-0.3, -0.25) is 4.79 Å². The number of carbonyl (C=O) groups excluding carboxylic acids is 1. The number of aryl methyl sites for hydroxylation is 1. The van der Waals surface area contributed by atoms with Gasteiger partial charge in [0.1, 0.15) is 0 Å². The number of halogens is 1. The van der Waals surface area contributed by atoms with E-state index in [2.05, 4.69) is 11.9 Å². The fourth-order valence-corrected chi connectivity index (χ4v) is 1.30. The lowest BCUT2D eigenvalue weighted by Crippen LogP contribution is -2.10. The molecule has 15 heavy (non-hydrogen) atoms. The number of amides is 1. The minimum Gasteiger partial charge on any atom is -0.326 e. The van der Waals surface area contributed by atoms with Crippen LogP contribution >= 0.6 is 11.6 Å². The number of hydrogen-bond acceptors (Lipinski definition) is 1. The first-order chi connectivity index (χ1) is 7.13. The Bertz CT molecular complexity index is 374. The van der Waals surface area contributed by atoms with Gasteiger partial charge in [0.2, 0.25) is 5.91 Å². The van der Waals surface area contributed by atoms with Crippen molar-refractivity contribution in [2.75, 3.05) is 5.32 Å². The van der Waals surface area contributed by atoms with Gasteiger partial charge in [0, 0.05) is 17.1 Å². The molecule has 3 heteroatoms. The largest absolute Gasteiger partial charge is 0.326 e. The lowest BCUT2D eigenvalue weighted by Gasteiger charge is -2.05. The van der Waals surface area contributed by atoms with E-state index < -0.39 is 0 Å². The predicted octanol–water partition coefficient (Wildman–Crippen LogP) is 3.55. The summed E-state index contributed by atoms with van der Waals surface area (Å²) in [7, 11) is 0. The molecule has 1 N–H and O–H groups in total. The highest BCUT2D eigenvalue weighted by Crippen LogP contribution is 2.19. The van der Waals surface area contributed by atoms with E-state index in [0.29, 0.717) is 17.9 Å². The Morgan fingerprint density at radius 1 is 1.60 bits per heavy atom. The molecule has 0 heterocycles. The molecule has 0 spiro atoms. The van der Waals surface area contributed by atoms with Crippen LogP contribution in [0.4, 0.5) is 5.69 Å². The van der Waals surface area contributed by atoms with Crippen LogP contribution in [0.5, 0.6) is 0 Å². The van der Waals surface area contributed by atoms with Crippen molar-refractivity contribution in [3.63, 3.8) is 0 Å². The van der Waals surface area contributed by atoms with Crippen molar-refractivity contribution < 1.29 is 4.79 Å². The zero-order chi connectivity index (χ0) is 11.3. The standard InChI is InChI=1S/C12H14ClNO/c1-3-4-5-12(15)14-10-6-7-11(13)9(2)8-10/h3,6-8H,1,4-5H2,2H3,(H,14,15). The van der Waals surface area contributed by atoms with E-state index in [0.717, 1.165) is 11.3 Å². The number of carbonyl (C=O) groups is 1. The molecule has 0 aromatic heterocycles. The Morgan fingerprint density at radius 3 is 2.93 bits per heavy atom. The van der Waals surface area contributed by atoms with Crippen molar-refractivity contribution >= 4 is 23.2 Å². The normalized spacial score (nSPS) is 9.73. The zero-order valence-electron chi connectivity index (χ0n) is 8.72. The second-order valence-electron chi connectivity index (χ2n) is 3.34. The van der Waals surface area contributed by atoms with Crippen molar-refractivity contribution in [3.05, 3.63) is 41.4 Å². The summed E-state index contributed by atoms with van der Waals surface area (Å²) in [5.41, 5.74) is 1.74. The first-order valence-corrected chi connectivity index (χ1v) is 5.18. The summed E-state index contributed by atoms with van der Waals surface area (Å²) >= 11 is 5.87. The van der Waals surface area contributed by atoms with Gasteiger partial charge in [0.15, 0.2) is 0 Å². The molecule has 80 valence electrons. The molecule has 0 aliphatic rings. The highest BCUT2D eigenvalue weighted by atomic mass is 35.5. The van der Waals surface area contributed by atoms with Crippen molar-refractivity contribution in [1.82, 2.24) is 0 Å². The molecule has 0 aliphatic carbocycles. The summed E-state index contributed by atoms with van der Waals surface area (Å²) in [5.74, 6) is -0.00313. The number of rotatable bonds is 4. The Labute approximate surface area is 94.9 Å². The van der Waals surface area contributed by atoms with E-state index in [1.807, 2.05) is 13.0 Å². The summed E-state index contributed by atoms with van der Waals surface area (Å²) < 4.78 is 0. The summed E-state index contributed by atoms with van der Waals surface area (Å²) in [4.78, 5) is 11.4. The van der Waals surface area contributed by atoms with Crippen LogP contribution in [0.3, 0.4) is 0 Å². The summed E-state index contributed by atoms with van der Waals surface area (Å²) in [6, 6.07) is 5.43. The number of nitrogens with one attached hydrogen (secondary N) is 1. The zero-order valence-corrected chi connectivity index (χ0v) is 9.47. The molecule has 0 fully saturated rings. The van der Waals surface area contributed by atoms with Gasteiger partial charge in [-0.25, -0.2) is 0 Å². The molecular weight excluding hydrogens is 210 g/mol. The monoisotopic (exact) mass is 223 g/mol. The number of allylic oxidation sites excluding steroid dienone is 1. The Hall–Kier alpha value is -1.28. The predicted molar refractivity (Wildman–Crippen MR) is 64.2 cm³/mol. The Morgan fingerprint density at radius 2 is 2.33 bits per heavy atom. The summed E-state index contributed by atoms with van der Waals surface area (Å²) in [6.45, 7) is 5.47. The van der Waals surface area contributed by atoms with Crippen LogP contribution in [-0.2, 0) is 4.79 Å². The highest BCUT2D eigenvalue weighted by Gasteiger charge is 2.02. The first kappa shape index (κ1) is 11.8. The Balaban J connectivity index is 2.60.